The van der Waals surface area contributed by atoms with Gasteiger partial charge in [0.05, 0.1) is 11.1 Å². The van der Waals surface area contributed by atoms with E-state index in [4.69, 9.17) is 0 Å². The summed E-state index contributed by atoms with van der Waals surface area (Å²) in [4.78, 5) is 25.1. The zero-order valence-corrected chi connectivity index (χ0v) is 13.6. The molecule has 0 saturated carbocycles. The van der Waals surface area contributed by atoms with Crippen molar-refractivity contribution in [3.63, 3.8) is 0 Å². The molecule has 0 spiro atoms. The van der Waals surface area contributed by atoms with Gasteiger partial charge in [-0.3, -0.25) is 9.59 Å². The predicted molar refractivity (Wildman–Crippen MR) is 95.8 cm³/mol. The number of carbonyl (C=O) groups excluding carboxylic acids is 2. The lowest BCUT2D eigenvalue weighted by Gasteiger charge is -2.18. The van der Waals surface area contributed by atoms with E-state index in [1.807, 2.05) is 30.3 Å². The molecule has 0 atom stereocenters. The molecule has 0 fully saturated rings. The summed E-state index contributed by atoms with van der Waals surface area (Å²) in [6, 6.07) is 17.5. The first-order chi connectivity index (χ1) is 12.0. The van der Waals surface area contributed by atoms with Crippen molar-refractivity contribution in [2.45, 2.75) is 6.92 Å². The predicted octanol–water partition coefficient (Wildman–Crippen LogP) is 4.02. The largest absolute Gasteiger partial charge is 0.504 e. The van der Waals surface area contributed by atoms with E-state index in [0.717, 1.165) is 5.56 Å². The maximum Gasteiger partial charge on any atom is 0.232 e. The van der Waals surface area contributed by atoms with Crippen LogP contribution >= 0.6 is 0 Å². The van der Waals surface area contributed by atoms with Crippen molar-refractivity contribution in [2.75, 3.05) is 0 Å². The van der Waals surface area contributed by atoms with Crippen LogP contribution in [-0.4, -0.2) is 21.8 Å². The molecule has 2 N–H and O–H groups in total. The molecule has 0 unspecified atom stereocenters. The van der Waals surface area contributed by atoms with Gasteiger partial charge in [0.25, 0.3) is 0 Å². The molecule has 4 heteroatoms. The number of ketones is 2. The van der Waals surface area contributed by atoms with Crippen molar-refractivity contribution in [1.82, 2.24) is 0 Å². The SMILES string of the molecule is C/C(=C/c1ccccc1)C1=C(O)C(=O)C(c2ccccc2)=C(O)C1=O. The van der Waals surface area contributed by atoms with Crippen LogP contribution in [0.2, 0.25) is 0 Å². The quantitative estimate of drug-likeness (QED) is 0.833. The highest BCUT2D eigenvalue weighted by Gasteiger charge is 2.36. The molecule has 1 aliphatic rings. The van der Waals surface area contributed by atoms with Crippen LogP contribution in [0.1, 0.15) is 18.1 Å². The molecule has 3 rings (SSSR count). The third kappa shape index (κ3) is 3.02. The van der Waals surface area contributed by atoms with Gasteiger partial charge in [-0.05, 0) is 23.6 Å². The minimum atomic E-state index is -0.765. The smallest absolute Gasteiger partial charge is 0.232 e. The van der Waals surface area contributed by atoms with E-state index < -0.39 is 23.1 Å². The van der Waals surface area contributed by atoms with Crippen LogP contribution in [0.15, 0.2) is 83.3 Å². The van der Waals surface area contributed by atoms with E-state index in [1.54, 1.807) is 43.3 Å². The minimum Gasteiger partial charge on any atom is -0.504 e. The topological polar surface area (TPSA) is 74.6 Å². The minimum absolute atomic E-state index is 0.175. The first-order valence-corrected chi connectivity index (χ1v) is 7.75. The molecule has 0 heterocycles. The summed E-state index contributed by atoms with van der Waals surface area (Å²) in [5, 5.41) is 20.6. The molecule has 0 radical (unpaired) electrons. The van der Waals surface area contributed by atoms with Crippen molar-refractivity contribution in [2.24, 2.45) is 0 Å². The molecular weight excluding hydrogens is 316 g/mol. The van der Waals surface area contributed by atoms with Crippen molar-refractivity contribution in [1.29, 1.82) is 0 Å². The number of aliphatic hydroxyl groups is 2. The second-order valence-electron chi connectivity index (χ2n) is 5.71. The molecule has 124 valence electrons. The molecule has 0 bridgehead atoms. The summed E-state index contributed by atoms with van der Waals surface area (Å²) in [7, 11) is 0. The first kappa shape index (κ1) is 16.5. The van der Waals surface area contributed by atoms with Gasteiger partial charge in [-0.1, -0.05) is 66.7 Å². The van der Waals surface area contributed by atoms with E-state index in [9.17, 15) is 19.8 Å². The maximum atomic E-state index is 12.6. The van der Waals surface area contributed by atoms with Crippen LogP contribution in [0.4, 0.5) is 0 Å². The summed E-state index contributed by atoms with van der Waals surface area (Å²) in [5.41, 5.74) is 1.25. The lowest BCUT2D eigenvalue weighted by Crippen LogP contribution is -2.24. The van der Waals surface area contributed by atoms with E-state index in [0.29, 0.717) is 11.1 Å². The Labute approximate surface area is 145 Å². The Kier molecular flexibility index (Phi) is 4.35. The summed E-state index contributed by atoms with van der Waals surface area (Å²) < 4.78 is 0. The van der Waals surface area contributed by atoms with E-state index >= 15 is 0 Å². The molecule has 1 aliphatic carbocycles. The summed E-state index contributed by atoms with van der Waals surface area (Å²) in [6.45, 7) is 1.62. The highest BCUT2D eigenvalue weighted by Crippen LogP contribution is 2.32. The van der Waals surface area contributed by atoms with E-state index in [-0.39, 0.29) is 11.1 Å². The van der Waals surface area contributed by atoms with Crippen LogP contribution < -0.4 is 0 Å². The van der Waals surface area contributed by atoms with E-state index in [2.05, 4.69) is 0 Å². The van der Waals surface area contributed by atoms with Crippen LogP contribution in [0.25, 0.3) is 11.6 Å². The van der Waals surface area contributed by atoms with Gasteiger partial charge in [0.1, 0.15) is 0 Å². The molecule has 4 nitrogen and oxygen atoms in total. The lowest BCUT2D eigenvalue weighted by atomic mass is 9.86. The number of Topliss-reactive ketones (excluding diaryl/α,β-unsaturated/α-hetero) is 2. The zero-order chi connectivity index (χ0) is 18.0. The Balaban J connectivity index is 2.07. The molecule has 0 aromatic heterocycles. The van der Waals surface area contributed by atoms with Crippen LogP contribution in [0, 0.1) is 0 Å². The van der Waals surface area contributed by atoms with Gasteiger partial charge in [0.2, 0.25) is 11.6 Å². The molecule has 25 heavy (non-hydrogen) atoms. The molecule has 0 aliphatic heterocycles. The molecular formula is C21H16O4. The number of carbonyl (C=O) groups is 2. The number of rotatable bonds is 3. The fourth-order valence-corrected chi connectivity index (χ4v) is 2.79. The van der Waals surface area contributed by atoms with E-state index in [1.165, 1.54) is 0 Å². The molecule has 0 amide bonds. The molecule has 2 aromatic rings. The van der Waals surface area contributed by atoms with Gasteiger partial charge < -0.3 is 10.2 Å². The Bertz CT molecular complexity index is 932. The Morgan fingerprint density at radius 1 is 0.800 bits per heavy atom. The van der Waals surface area contributed by atoms with Crippen molar-refractivity contribution >= 4 is 23.2 Å². The maximum absolute atomic E-state index is 12.6. The van der Waals surface area contributed by atoms with Gasteiger partial charge in [0, 0.05) is 0 Å². The summed E-state index contributed by atoms with van der Waals surface area (Å²) in [5.74, 6) is -2.82. The third-order valence-electron chi connectivity index (χ3n) is 4.00. The lowest BCUT2D eigenvalue weighted by molar-refractivity contribution is -0.118. The fourth-order valence-electron chi connectivity index (χ4n) is 2.79. The van der Waals surface area contributed by atoms with Gasteiger partial charge in [0.15, 0.2) is 11.5 Å². The number of allylic oxidation sites excluding steroid dienone is 3. The van der Waals surface area contributed by atoms with Crippen molar-refractivity contribution in [3.8, 4) is 0 Å². The van der Waals surface area contributed by atoms with Gasteiger partial charge in [-0.25, -0.2) is 0 Å². The normalized spacial score (nSPS) is 15.8. The third-order valence-corrected chi connectivity index (χ3v) is 4.00. The number of hydrogen-bond donors (Lipinski definition) is 2. The highest BCUT2D eigenvalue weighted by atomic mass is 16.3. The standard InChI is InChI=1S/C21H16O4/c1-13(12-14-8-4-2-5-9-14)16-18(22)20(24)17(21(25)19(16)23)15-10-6-3-7-11-15/h2-12,22,25H,1H3/b13-12-. The van der Waals surface area contributed by atoms with Gasteiger partial charge in [-0.2, -0.15) is 0 Å². The average Bonchev–Trinajstić information content (AvgIpc) is 2.62. The van der Waals surface area contributed by atoms with Gasteiger partial charge >= 0.3 is 0 Å². The molecule has 0 saturated heterocycles. The van der Waals surface area contributed by atoms with Crippen molar-refractivity contribution < 1.29 is 19.8 Å². The average molecular weight is 332 g/mol. The highest BCUT2D eigenvalue weighted by molar-refractivity contribution is 6.38. The van der Waals surface area contributed by atoms with Crippen LogP contribution in [0.3, 0.4) is 0 Å². The number of hydrogen-bond acceptors (Lipinski definition) is 4. The number of benzene rings is 2. The monoisotopic (exact) mass is 332 g/mol. The molecule has 2 aromatic carbocycles. The van der Waals surface area contributed by atoms with Crippen LogP contribution in [0.5, 0.6) is 0 Å². The van der Waals surface area contributed by atoms with Gasteiger partial charge in [-0.15, -0.1) is 0 Å². The second kappa shape index (κ2) is 6.61. The summed E-state index contributed by atoms with van der Waals surface area (Å²) in [6.07, 6.45) is 1.68. The Morgan fingerprint density at radius 3 is 1.96 bits per heavy atom. The van der Waals surface area contributed by atoms with Crippen LogP contribution in [-0.2, 0) is 9.59 Å². The number of aliphatic hydroxyl groups excluding tert-OH is 2. The first-order valence-electron chi connectivity index (χ1n) is 7.75. The zero-order valence-electron chi connectivity index (χ0n) is 13.6. The Morgan fingerprint density at radius 2 is 1.36 bits per heavy atom. The summed E-state index contributed by atoms with van der Waals surface area (Å²) >= 11 is 0. The fraction of sp³-hybridized carbons (Fsp3) is 0.0476. The second-order valence-corrected chi connectivity index (χ2v) is 5.71. The van der Waals surface area contributed by atoms with Crippen molar-refractivity contribution in [3.05, 3.63) is 94.5 Å². The Hall–Kier alpha value is -3.40.